The summed E-state index contributed by atoms with van der Waals surface area (Å²) in [5, 5.41) is 31.4. The molecule has 2 aliphatic rings. The Morgan fingerprint density at radius 3 is 2.22 bits per heavy atom. The van der Waals surface area contributed by atoms with E-state index in [4.69, 9.17) is 16.7 Å². The third kappa shape index (κ3) is 18.0. The highest BCUT2D eigenvalue weighted by atomic mass is 32.2. The van der Waals surface area contributed by atoms with Crippen molar-refractivity contribution in [3.8, 4) is 0 Å². The zero-order chi connectivity index (χ0) is 49.8. The number of H-pyrrole nitrogens is 1. The first-order chi connectivity index (χ1) is 32.4. The molecule has 68 heavy (non-hydrogen) atoms. The van der Waals surface area contributed by atoms with E-state index >= 15 is 0 Å². The molecule has 1 unspecified atom stereocenters. The molecule has 0 spiro atoms. The molecule has 0 bridgehead atoms. The Morgan fingerprint density at radius 2 is 1.50 bits per heavy atom. The van der Waals surface area contributed by atoms with Crippen LogP contribution in [0.4, 0.5) is 4.79 Å². The summed E-state index contributed by atoms with van der Waals surface area (Å²) < 4.78 is 0. The molecular formula is C44H66N12O11S. The van der Waals surface area contributed by atoms with Gasteiger partial charge < -0.3 is 59.0 Å². The van der Waals surface area contributed by atoms with Gasteiger partial charge in [0.15, 0.2) is 0 Å². The number of hydroxylamine groups is 1. The summed E-state index contributed by atoms with van der Waals surface area (Å²) >= 11 is 1.83. The minimum Gasteiger partial charge on any atom is -0.370 e. The van der Waals surface area contributed by atoms with Crippen LogP contribution in [-0.4, -0.2) is 130 Å². The van der Waals surface area contributed by atoms with E-state index in [0.717, 1.165) is 29.5 Å². The molecule has 2 saturated heterocycles. The minimum atomic E-state index is -1.42. The number of thioether (sulfide) groups is 1. The summed E-state index contributed by atoms with van der Waals surface area (Å²) in [6.07, 6.45) is 4.85. The third-order valence-electron chi connectivity index (χ3n) is 11.6. The van der Waals surface area contributed by atoms with Crippen LogP contribution in [0.5, 0.6) is 0 Å². The van der Waals surface area contributed by atoms with E-state index in [1.165, 1.54) is 5.48 Å². The third-order valence-corrected chi connectivity index (χ3v) is 13.1. The van der Waals surface area contributed by atoms with Gasteiger partial charge in [-0.2, -0.15) is 11.8 Å². The van der Waals surface area contributed by atoms with Crippen LogP contribution in [0, 0.1) is 11.8 Å². The van der Waals surface area contributed by atoms with Crippen LogP contribution < -0.4 is 59.5 Å². The van der Waals surface area contributed by atoms with Crippen molar-refractivity contribution in [1.82, 2.24) is 53.0 Å². The number of amides is 11. The van der Waals surface area contributed by atoms with Gasteiger partial charge in [-0.1, -0.05) is 38.5 Å². The van der Waals surface area contributed by atoms with Crippen LogP contribution in [0.3, 0.4) is 0 Å². The Labute approximate surface area is 398 Å². The number of benzene rings is 1. The molecule has 1 aromatic heterocycles. The molecule has 1 aromatic carbocycles. The van der Waals surface area contributed by atoms with Gasteiger partial charge in [0.1, 0.15) is 18.1 Å². The Bertz CT molecular complexity index is 2120. The molecule has 374 valence electrons. The number of aromatic amines is 1. The number of hydrogen-bond donors (Lipinski definition) is 13. The molecule has 24 heteroatoms. The highest BCUT2D eigenvalue weighted by Crippen LogP contribution is 2.33. The Hall–Kier alpha value is -6.43. The molecule has 0 aliphatic carbocycles. The molecule has 2 aromatic rings. The maximum atomic E-state index is 14.0. The smallest absolute Gasteiger partial charge is 0.315 e. The molecule has 0 saturated carbocycles. The second kappa shape index (κ2) is 27.4. The van der Waals surface area contributed by atoms with Crippen molar-refractivity contribution in [3.63, 3.8) is 0 Å². The fourth-order valence-corrected chi connectivity index (χ4v) is 9.64. The average Bonchev–Trinajstić information content (AvgIpc) is 4.00. The number of nitrogens with two attached hydrogens (primary N) is 2. The van der Waals surface area contributed by atoms with Crippen LogP contribution in [-0.2, 0) is 49.6 Å². The Kier molecular flexibility index (Phi) is 21.8. The van der Waals surface area contributed by atoms with Crippen LogP contribution >= 0.6 is 11.8 Å². The number of para-hydroxylation sites is 1. The average molecular weight is 971 g/mol. The number of aromatic nitrogens is 1. The fourth-order valence-electron chi connectivity index (χ4n) is 8.10. The monoisotopic (exact) mass is 970 g/mol. The highest BCUT2D eigenvalue weighted by Gasteiger charge is 2.42. The number of carbonyl (C=O) groups is 10. The lowest BCUT2D eigenvalue weighted by Gasteiger charge is -2.25. The first-order valence-electron chi connectivity index (χ1n) is 22.9. The molecule has 7 atom stereocenters. The summed E-state index contributed by atoms with van der Waals surface area (Å²) in [5.74, 6) is -6.45. The molecular weight excluding hydrogens is 905 g/mol. The van der Waals surface area contributed by atoms with Gasteiger partial charge in [0.25, 0.3) is 0 Å². The molecule has 2 fully saturated rings. The number of rotatable bonds is 30. The van der Waals surface area contributed by atoms with Crippen molar-refractivity contribution in [1.29, 1.82) is 0 Å². The standard InChI is InChI=1S/C44H66N12O11S/c1-24(2)17-25(19-36(59)56-67)41(63)53-31(18-26-20-48-28-10-4-3-9-27(26)28)43(65)52-30(14-15-34(45)57)42(64)50-21-37(60)49-22-38(61)51-29(40(46)62)11-7-8-16-47-35(58)13-6-5-12-33-39-32(23-68-33)54-44(66)55-39/h3-4,9-10,20,24-25,29-33,39,48,67H,5-8,11-19,21-23H2,1-2H3,(H2,45,57)(H2,46,62)(H,47,58)(H,49,60)(H,50,64)(H,51,61)(H,52,65)(H,53,63)(H,56,59)(H2,54,55,66)/t25?,29-,30-,31-,32-,33-,39-/m0/s1. The summed E-state index contributed by atoms with van der Waals surface area (Å²) in [6, 6.07) is 3.64. The molecule has 11 amide bonds. The maximum absolute atomic E-state index is 14.0. The lowest BCUT2D eigenvalue weighted by atomic mass is 9.92. The largest absolute Gasteiger partial charge is 0.370 e. The molecule has 2 aliphatic heterocycles. The summed E-state index contributed by atoms with van der Waals surface area (Å²) in [5.41, 5.74) is 13.8. The van der Waals surface area contributed by atoms with Gasteiger partial charge in [-0.25, -0.2) is 10.3 Å². The first kappa shape index (κ1) is 54.2. The van der Waals surface area contributed by atoms with Gasteiger partial charge in [0.2, 0.25) is 53.2 Å². The van der Waals surface area contributed by atoms with E-state index in [1.807, 2.05) is 43.8 Å². The van der Waals surface area contributed by atoms with Crippen LogP contribution in [0.1, 0.15) is 90.0 Å². The van der Waals surface area contributed by atoms with Gasteiger partial charge in [0, 0.05) is 66.2 Å². The van der Waals surface area contributed by atoms with Gasteiger partial charge in [-0.05, 0) is 62.5 Å². The van der Waals surface area contributed by atoms with Crippen molar-refractivity contribution in [2.24, 2.45) is 23.3 Å². The Morgan fingerprint density at radius 1 is 0.765 bits per heavy atom. The zero-order valence-corrected chi connectivity index (χ0v) is 39.2. The quantitative estimate of drug-likeness (QED) is 0.0189. The first-order valence-corrected chi connectivity index (χ1v) is 23.9. The van der Waals surface area contributed by atoms with Crippen molar-refractivity contribution in [3.05, 3.63) is 36.0 Å². The van der Waals surface area contributed by atoms with E-state index in [2.05, 4.69) is 47.5 Å². The van der Waals surface area contributed by atoms with Gasteiger partial charge in [-0.3, -0.25) is 48.4 Å². The molecule has 23 nitrogen and oxygen atoms in total. The zero-order valence-electron chi connectivity index (χ0n) is 38.4. The summed E-state index contributed by atoms with van der Waals surface area (Å²) in [6.45, 7) is 2.81. The van der Waals surface area contributed by atoms with Crippen molar-refractivity contribution in [2.75, 3.05) is 25.4 Å². The molecule has 15 N–H and O–H groups in total. The van der Waals surface area contributed by atoms with Gasteiger partial charge in [-0.15, -0.1) is 0 Å². The summed E-state index contributed by atoms with van der Waals surface area (Å²) in [7, 11) is 0. The summed E-state index contributed by atoms with van der Waals surface area (Å²) in [4.78, 5) is 129. The SMILES string of the molecule is CC(C)CC(CC(=O)NO)C(=O)N[C@@H](Cc1c[nH]c2ccccc12)C(=O)N[C@@H](CCC(N)=O)C(=O)NCC(=O)NCC(=O)N[C@@H](CCCCNC(=O)CCCC[C@@H]1SC[C@@H]2NC(=O)N[C@@H]21)C(N)=O. The maximum Gasteiger partial charge on any atom is 0.315 e. The second-order valence-electron chi connectivity index (χ2n) is 17.5. The number of carbonyl (C=O) groups excluding carboxylic acids is 10. The van der Waals surface area contributed by atoms with Crippen LogP contribution in [0.15, 0.2) is 30.5 Å². The lowest BCUT2D eigenvalue weighted by Crippen LogP contribution is -2.56. The van der Waals surface area contributed by atoms with Gasteiger partial charge in [0.05, 0.1) is 25.2 Å². The number of nitrogens with one attached hydrogen (secondary N) is 10. The number of urea groups is 1. The highest BCUT2D eigenvalue weighted by molar-refractivity contribution is 8.00. The topological polar surface area (TPSA) is 367 Å². The lowest BCUT2D eigenvalue weighted by molar-refractivity contribution is -0.137. The number of unbranched alkanes of at least 4 members (excludes halogenated alkanes) is 2. The van der Waals surface area contributed by atoms with Crippen LogP contribution in [0.25, 0.3) is 10.9 Å². The molecule has 0 radical (unpaired) electrons. The van der Waals surface area contributed by atoms with E-state index < -0.39 is 84.4 Å². The minimum absolute atomic E-state index is 0.0394. The second-order valence-corrected chi connectivity index (χ2v) is 18.8. The van der Waals surface area contributed by atoms with Crippen molar-refractivity contribution in [2.45, 2.75) is 126 Å². The van der Waals surface area contributed by atoms with Crippen molar-refractivity contribution < 1.29 is 53.2 Å². The van der Waals surface area contributed by atoms with E-state index in [-0.39, 0.29) is 68.5 Å². The van der Waals surface area contributed by atoms with Crippen LogP contribution in [0.2, 0.25) is 0 Å². The Balaban J connectivity index is 1.22. The number of fused-ring (bicyclic) bond motifs is 2. The predicted molar refractivity (Wildman–Crippen MR) is 250 cm³/mol. The molecule has 3 heterocycles. The number of primary amides is 2. The fraction of sp³-hybridized carbons (Fsp3) is 0.591. The van der Waals surface area contributed by atoms with E-state index in [1.54, 1.807) is 12.3 Å². The predicted octanol–water partition coefficient (Wildman–Crippen LogP) is -1.28. The van der Waals surface area contributed by atoms with Crippen molar-refractivity contribution >= 4 is 81.9 Å². The van der Waals surface area contributed by atoms with E-state index in [0.29, 0.717) is 43.0 Å². The number of hydrogen-bond acceptors (Lipinski definition) is 12. The molecule has 4 rings (SSSR count). The normalized spacial score (nSPS) is 17.9. The van der Waals surface area contributed by atoms with Gasteiger partial charge >= 0.3 is 6.03 Å². The van der Waals surface area contributed by atoms with E-state index in [9.17, 15) is 47.9 Å².